The molecular formula is C14H17NO3. The minimum Gasteiger partial charge on any atom is -0.496 e. The number of benzene rings is 1. The van der Waals surface area contributed by atoms with Crippen molar-refractivity contribution in [3.8, 4) is 17.6 Å². The highest BCUT2D eigenvalue weighted by Crippen LogP contribution is 2.37. The van der Waals surface area contributed by atoms with Crippen molar-refractivity contribution in [2.45, 2.75) is 13.3 Å². The van der Waals surface area contributed by atoms with Crippen LogP contribution in [0.15, 0.2) is 12.1 Å². The maximum Gasteiger partial charge on any atom is 0.128 e. The van der Waals surface area contributed by atoms with E-state index < -0.39 is 5.41 Å². The number of ether oxygens (including phenoxy) is 3. The van der Waals surface area contributed by atoms with Gasteiger partial charge in [-0.05, 0) is 25.0 Å². The molecule has 1 aromatic carbocycles. The van der Waals surface area contributed by atoms with Crippen LogP contribution in [0.2, 0.25) is 0 Å². The van der Waals surface area contributed by atoms with Gasteiger partial charge in [0.15, 0.2) is 0 Å². The van der Waals surface area contributed by atoms with Gasteiger partial charge >= 0.3 is 0 Å². The summed E-state index contributed by atoms with van der Waals surface area (Å²) in [4.78, 5) is 0. The molecule has 1 heterocycles. The van der Waals surface area contributed by atoms with Gasteiger partial charge in [0.05, 0.1) is 33.5 Å². The topological polar surface area (TPSA) is 51.5 Å². The van der Waals surface area contributed by atoms with E-state index in [1.165, 1.54) is 0 Å². The first-order chi connectivity index (χ1) is 8.65. The van der Waals surface area contributed by atoms with E-state index in [0.717, 1.165) is 22.6 Å². The van der Waals surface area contributed by atoms with E-state index in [4.69, 9.17) is 14.2 Å². The third-order valence-corrected chi connectivity index (χ3v) is 3.38. The molecule has 0 bridgehead atoms. The van der Waals surface area contributed by atoms with Gasteiger partial charge in [0.1, 0.15) is 16.9 Å². The Kier molecular flexibility index (Phi) is 3.44. The van der Waals surface area contributed by atoms with E-state index in [1.807, 2.05) is 19.1 Å². The van der Waals surface area contributed by atoms with Gasteiger partial charge in [-0.25, -0.2) is 0 Å². The Bertz CT molecular complexity index is 487. The molecule has 1 saturated heterocycles. The van der Waals surface area contributed by atoms with Gasteiger partial charge in [-0.1, -0.05) is 6.07 Å². The second-order valence-electron chi connectivity index (χ2n) is 4.65. The van der Waals surface area contributed by atoms with E-state index >= 15 is 0 Å². The number of methoxy groups -OCH3 is 2. The van der Waals surface area contributed by atoms with Gasteiger partial charge in [0.2, 0.25) is 0 Å². The van der Waals surface area contributed by atoms with Gasteiger partial charge in [0.25, 0.3) is 0 Å². The van der Waals surface area contributed by atoms with Crippen LogP contribution in [-0.4, -0.2) is 27.4 Å². The summed E-state index contributed by atoms with van der Waals surface area (Å²) < 4.78 is 15.9. The smallest absolute Gasteiger partial charge is 0.128 e. The highest BCUT2D eigenvalue weighted by molar-refractivity contribution is 5.50. The van der Waals surface area contributed by atoms with Crippen molar-refractivity contribution in [3.05, 3.63) is 23.3 Å². The summed E-state index contributed by atoms with van der Waals surface area (Å²) >= 11 is 0. The molecule has 1 aromatic rings. The lowest BCUT2D eigenvalue weighted by Crippen LogP contribution is -2.43. The quantitative estimate of drug-likeness (QED) is 0.817. The molecule has 0 aromatic heterocycles. The largest absolute Gasteiger partial charge is 0.496 e. The van der Waals surface area contributed by atoms with Gasteiger partial charge in [0, 0.05) is 5.56 Å². The van der Waals surface area contributed by atoms with E-state index in [9.17, 15) is 5.26 Å². The molecule has 1 aliphatic rings. The highest BCUT2D eigenvalue weighted by Gasteiger charge is 2.39. The molecular weight excluding hydrogens is 230 g/mol. The third kappa shape index (κ3) is 2.02. The molecule has 0 unspecified atom stereocenters. The van der Waals surface area contributed by atoms with Crippen LogP contribution >= 0.6 is 0 Å². The molecule has 0 N–H and O–H groups in total. The zero-order chi connectivity index (χ0) is 13.2. The standard InChI is InChI=1S/C14H17NO3/c1-10-12(16-2)5-4-11(13(10)17-3)6-14(7-15)8-18-9-14/h4-5H,6,8-9H2,1-3H3. The van der Waals surface area contributed by atoms with Gasteiger partial charge in [-0.2, -0.15) is 5.26 Å². The number of nitriles is 1. The van der Waals surface area contributed by atoms with Gasteiger partial charge in [-0.15, -0.1) is 0 Å². The Labute approximate surface area is 107 Å². The van der Waals surface area contributed by atoms with Crippen LogP contribution < -0.4 is 9.47 Å². The second kappa shape index (κ2) is 4.87. The average Bonchev–Trinajstić information content (AvgIpc) is 2.34. The van der Waals surface area contributed by atoms with Crippen molar-refractivity contribution in [1.82, 2.24) is 0 Å². The zero-order valence-electron chi connectivity index (χ0n) is 10.9. The maximum absolute atomic E-state index is 9.24. The molecule has 0 spiro atoms. The Morgan fingerprint density at radius 1 is 1.33 bits per heavy atom. The van der Waals surface area contributed by atoms with Crippen LogP contribution in [-0.2, 0) is 11.2 Å². The summed E-state index contributed by atoms with van der Waals surface area (Å²) in [6.07, 6.45) is 0.650. The Hall–Kier alpha value is -1.73. The maximum atomic E-state index is 9.24. The van der Waals surface area contributed by atoms with Crippen LogP contribution in [0.25, 0.3) is 0 Å². The summed E-state index contributed by atoms with van der Waals surface area (Å²) in [7, 11) is 3.28. The molecule has 4 nitrogen and oxygen atoms in total. The molecule has 18 heavy (non-hydrogen) atoms. The third-order valence-electron chi connectivity index (χ3n) is 3.38. The number of nitrogens with zero attached hydrogens (tertiary/aromatic N) is 1. The van der Waals surface area contributed by atoms with Gasteiger partial charge in [-0.3, -0.25) is 0 Å². The van der Waals surface area contributed by atoms with Gasteiger partial charge < -0.3 is 14.2 Å². The van der Waals surface area contributed by atoms with Crippen molar-refractivity contribution in [2.24, 2.45) is 5.41 Å². The normalized spacial score (nSPS) is 16.6. The Morgan fingerprint density at radius 3 is 2.50 bits per heavy atom. The Balaban J connectivity index is 2.34. The molecule has 1 fully saturated rings. The molecule has 0 atom stereocenters. The second-order valence-corrected chi connectivity index (χ2v) is 4.65. The fourth-order valence-corrected chi connectivity index (χ4v) is 2.29. The number of hydrogen-bond donors (Lipinski definition) is 0. The first-order valence-corrected chi connectivity index (χ1v) is 5.85. The van der Waals surface area contributed by atoms with Crippen LogP contribution in [0, 0.1) is 23.7 Å². The van der Waals surface area contributed by atoms with Crippen molar-refractivity contribution in [2.75, 3.05) is 27.4 Å². The van der Waals surface area contributed by atoms with E-state index in [2.05, 4.69) is 6.07 Å². The van der Waals surface area contributed by atoms with Crippen molar-refractivity contribution >= 4 is 0 Å². The molecule has 0 aliphatic carbocycles. The molecule has 0 radical (unpaired) electrons. The summed E-state index contributed by atoms with van der Waals surface area (Å²) in [5.41, 5.74) is 1.60. The lowest BCUT2D eigenvalue weighted by Gasteiger charge is -2.35. The SMILES string of the molecule is COc1ccc(CC2(C#N)COC2)c(OC)c1C. The molecule has 4 heteroatoms. The van der Waals surface area contributed by atoms with Crippen molar-refractivity contribution in [3.63, 3.8) is 0 Å². The predicted molar refractivity (Wildman–Crippen MR) is 66.9 cm³/mol. The highest BCUT2D eigenvalue weighted by atomic mass is 16.5. The summed E-state index contributed by atoms with van der Waals surface area (Å²) in [6.45, 7) is 2.95. The lowest BCUT2D eigenvalue weighted by atomic mass is 9.81. The zero-order valence-corrected chi connectivity index (χ0v) is 10.9. The average molecular weight is 247 g/mol. The first-order valence-electron chi connectivity index (χ1n) is 5.85. The van der Waals surface area contributed by atoms with Crippen LogP contribution in [0.5, 0.6) is 11.5 Å². The number of rotatable bonds is 4. The van der Waals surface area contributed by atoms with Crippen molar-refractivity contribution < 1.29 is 14.2 Å². The van der Waals surface area contributed by atoms with Crippen LogP contribution in [0.4, 0.5) is 0 Å². The van der Waals surface area contributed by atoms with E-state index in [0.29, 0.717) is 19.6 Å². The molecule has 1 aliphatic heterocycles. The van der Waals surface area contributed by atoms with Crippen LogP contribution in [0.1, 0.15) is 11.1 Å². The minimum absolute atomic E-state index is 0.395. The van der Waals surface area contributed by atoms with Crippen molar-refractivity contribution in [1.29, 1.82) is 5.26 Å². The van der Waals surface area contributed by atoms with Crippen LogP contribution in [0.3, 0.4) is 0 Å². The lowest BCUT2D eigenvalue weighted by molar-refractivity contribution is -0.0767. The molecule has 0 amide bonds. The summed E-state index contributed by atoms with van der Waals surface area (Å²) in [5, 5.41) is 9.24. The molecule has 0 saturated carbocycles. The number of hydrogen-bond acceptors (Lipinski definition) is 4. The fraction of sp³-hybridized carbons (Fsp3) is 0.500. The molecule has 2 rings (SSSR count). The summed E-state index contributed by atoms with van der Waals surface area (Å²) in [5.74, 6) is 1.60. The molecule has 96 valence electrons. The fourth-order valence-electron chi connectivity index (χ4n) is 2.29. The summed E-state index contributed by atoms with van der Waals surface area (Å²) in [6, 6.07) is 6.23. The van der Waals surface area contributed by atoms with E-state index in [1.54, 1.807) is 14.2 Å². The van der Waals surface area contributed by atoms with E-state index in [-0.39, 0.29) is 0 Å². The Morgan fingerprint density at radius 2 is 2.06 bits per heavy atom. The monoisotopic (exact) mass is 247 g/mol. The minimum atomic E-state index is -0.395. The first kappa shape index (κ1) is 12.7. The predicted octanol–water partition coefficient (Wildman–Crippen LogP) is 2.09.